The molecule has 1 rings (SSSR count). The van der Waals surface area contributed by atoms with Crippen molar-refractivity contribution in [3.05, 3.63) is 36.8 Å². The first-order chi connectivity index (χ1) is 5.36. The fourth-order valence-corrected chi connectivity index (χ4v) is 0.973. The maximum absolute atomic E-state index is 5.24. The average molecular weight is 149 g/mol. The zero-order valence-corrected chi connectivity index (χ0v) is 6.84. The van der Waals surface area contributed by atoms with Crippen LogP contribution in [0.4, 0.5) is 0 Å². The predicted octanol–water partition coefficient (Wildman–Crippen LogP) is 2.46. The van der Waals surface area contributed by atoms with Crippen molar-refractivity contribution in [3.8, 4) is 5.75 Å². The first-order valence-electron chi connectivity index (χ1n) is 3.87. The molecule has 0 bridgehead atoms. The van der Waals surface area contributed by atoms with E-state index in [2.05, 4.69) is 19.9 Å². The van der Waals surface area contributed by atoms with Crippen LogP contribution in [-0.2, 0) is 6.42 Å². The van der Waals surface area contributed by atoms with Gasteiger partial charge in [-0.3, -0.25) is 0 Å². The number of hydrogen-bond donors (Lipinski definition) is 0. The van der Waals surface area contributed by atoms with Gasteiger partial charge < -0.3 is 4.74 Å². The van der Waals surface area contributed by atoms with Crippen LogP contribution < -0.4 is 4.74 Å². The van der Waals surface area contributed by atoms with Crippen LogP contribution in [-0.4, -0.2) is 6.61 Å². The molecule has 0 unspecified atom stereocenters. The molecular weight excluding hydrogens is 136 g/mol. The largest absolute Gasteiger partial charge is 0.494 e. The van der Waals surface area contributed by atoms with Crippen molar-refractivity contribution in [2.24, 2.45) is 0 Å². The Morgan fingerprint density at radius 1 is 1.45 bits per heavy atom. The van der Waals surface area contributed by atoms with E-state index in [0.717, 1.165) is 12.2 Å². The van der Waals surface area contributed by atoms with Gasteiger partial charge in [0.2, 0.25) is 0 Å². The van der Waals surface area contributed by atoms with Crippen molar-refractivity contribution in [1.82, 2.24) is 0 Å². The fraction of sp³-hybridized carbons (Fsp3) is 0.300. The third kappa shape index (κ3) is 2.26. The molecule has 1 nitrogen and oxygen atoms in total. The summed E-state index contributed by atoms with van der Waals surface area (Å²) in [5.74, 6) is 0.916. The van der Waals surface area contributed by atoms with Crippen molar-refractivity contribution in [3.63, 3.8) is 0 Å². The molecule has 0 saturated heterocycles. The molecule has 0 N–H and O–H groups in total. The van der Waals surface area contributed by atoms with Crippen LogP contribution in [0.5, 0.6) is 5.75 Å². The average Bonchev–Trinajstić information content (AvgIpc) is 2.06. The lowest BCUT2D eigenvalue weighted by molar-refractivity contribution is 0.360. The predicted molar refractivity (Wildman–Crippen MR) is 46.7 cm³/mol. The Labute approximate surface area is 68.0 Å². The van der Waals surface area contributed by atoms with Gasteiger partial charge in [-0.25, -0.2) is 0 Å². The quantitative estimate of drug-likeness (QED) is 0.641. The van der Waals surface area contributed by atoms with E-state index in [-0.39, 0.29) is 0 Å². The summed E-state index contributed by atoms with van der Waals surface area (Å²) in [5, 5.41) is 0. The molecule has 0 atom stereocenters. The second kappa shape index (κ2) is 4.02. The molecule has 1 aromatic carbocycles. The molecule has 1 heteroatoms. The van der Waals surface area contributed by atoms with Crippen molar-refractivity contribution >= 4 is 0 Å². The molecule has 1 radical (unpaired) electrons. The van der Waals surface area contributed by atoms with Crippen LogP contribution in [0.25, 0.3) is 0 Å². The second-order valence-corrected chi connectivity index (χ2v) is 2.35. The molecule has 1 aromatic rings. The van der Waals surface area contributed by atoms with E-state index in [4.69, 9.17) is 4.74 Å². The molecule has 0 fully saturated rings. The number of ether oxygens (including phenoxy) is 1. The summed E-state index contributed by atoms with van der Waals surface area (Å²) in [6.07, 6.45) is 1.05. The third-order valence-electron chi connectivity index (χ3n) is 1.58. The molecule has 0 amide bonds. The van der Waals surface area contributed by atoms with Gasteiger partial charge in [0.1, 0.15) is 5.75 Å². The normalized spacial score (nSPS) is 9.64. The highest BCUT2D eigenvalue weighted by atomic mass is 16.5. The second-order valence-electron chi connectivity index (χ2n) is 2.35. The highest BCUT2D eigenvalue weighted by molar-refractivity contribution is 5.28. The monoisotopic (exact) mass is 149 g/mol. The Morgan fingerprint density at radius 2 is 2.27 bits per heavy atom. The molecule has 11 heavy (non-hydrogen) atoms. The van der Waals surface area contributed by atoms with E-state index in [0.29, 0.717) is 6.61 Å². The molecule has 0 aromatic heterocycles. The summed E-state index contributed by atoms with van der Waals surface area (Å²) >= 11 is 0. The molecule has 0 saturated carbocycles. The summed E-state index contributed by atoms with van der Waals surface area (Å²) < 4.78 is 5.24. The van der Waals surface area contributed by atoms with E-state index >= 15 is 0 Å². The summed E-state index contributed by atoms with van der Waals surface area (Å²) in [6, 6.07) is 8.09. The Morgan fingerprint density at radius 3 is 2.91 bits per heavy atom. The Hall–Kier alpha value is -0.980. The standard InChI is InChI=1S/C10H13O/c1-3-9-6-5-7-10(8-9)11-4-2/h5-8H,2-4H2,1H3. The van der Waals surface area contributed by atoms with Gasteiger partial charge in [0.15, 0.2) is 0 Å². The minimum absolute atomic E-state index is 0.493. The van der Waals surface area contributed by atoms with Crippen LogP contribution in [0.1, 0.15) is 12.5 Å². The summed E-state index contributed by atoms with van der Waals surface area (Å²) in [6.45, 7) is 6.24. The molecular formula is C10H13O. The smallest absolute Gasteiger partial charge is 0.119 e. The van der Waals surface area contributed by atoms with Crippen molar-refractivity contribution in [2.75, 3.05) is 6.61 Å². The lowest BCUT2D eigenvalue weighted by atomic mass is 10.2. The number of benzene rings is 1. The Bertz CT molecular complexity index is 218. The molecule has 0 aliphatic carbocycles. The van der Waals surface area contributed by atoms with E-state index < -0.39 is 0 Å². The molecule has 0 heterocycles. The number of aryl methyl sites for hydroxylation is 1. The summed E-state index contributed by atoms with van der Waals surface area (Å²) in [5.41, 5.74) is 1.30. The zero-order chi connectivity index (χ0) is 8.10. The Balaban J connectivity index is 2.74. The first-order valence-corrected chi connectivity index (χ1v) is 3.87. The van der Waals surface area contributed by atoms with Gasteiger partial charge in [-0.15, -0.1) is 0 Å². The van der Waals surface area contributed by atoms with E-state index in [1.54, 1.807) is 0 Å². The zero-order valence-electron chi connectivity index (χ0n) is 6.84. The van der Waals surface area contributed by atoms with Crippen molar-refractivity contribution < 1.29 is 4.74 Å². The first kappa shape index (κ1) is 8.12. The van der Waals surface area contributed by atoms with Crippen molar-refractivity contribution in [1.29, 1.82) is 0 Å². The number of hydrogen-bond acceptors (Lipinski definition) is 1. The van der Waals surface area contributed by atoms with Gasteiger partial charge in [-0.1, -0.05) is 19.1 Å². The van der Waals surface area contributed by atoms with Crippen LogP contribution in [0.15, 0.2) is 24.3 Å². The Kier molecular flexibility index (Phi) is 2.96. The van der Waals surface area contributed by atoms with Crippen LogP contribution in [0.3, 0.4) is 0 Å². The van der Waals surface area contributed by atoms with Crippen molar-refractivity contribution in [2.45, 2.75) is 13.3 Å². The summed E-state index contributed by atoms with van der Waals surface area (Å²) in [7, 11) is 0. The van der Waals surface area contributed by atoms with E-state index in [1.807, 2.05) is 18.2 Å². The summed E-state index contributed by atoms with van der Waals surface area (Å²) in [4.78, 5) is 0. The van der Waals surface area contributed by atoms with Crippen LogP contribution in [0.2, 0.25) is 0 Å². The topological polar surface area (TPSA) is 9.23 Å². The minimum Gasteiger partial charge on any atom is -0.494 e. The van der Waals surface area contributed by atoms with Gasteiger partial charge in [0, 0.05) is 0 Å². The van der Waals surface area contributed by atoms with Gasteiger partial charge in [-0.05, 0) is 31.0 Å². The van der Waals surface area contributed by atoms with E-state index in [9.17, 15) is 0 Å². The van der Waals surface area contributed by atoms with Gasteiger partial charge in [-0.2, -0.15) is 0 Å². The molecule has 59 valence electrons. The van der Waals surface area contributed by atoms with Gasteiger partial charge >= 0.3 is 0 Å². The SMILES string of the molecule is [CH2]COc1cccc(CC)c1. The molecule has 0 aliphatic rings. The fourth-order valence-electron chi connectivity index (χ4n) is 0.973. The van der Waals surface area contributed by atoms with Crippen LogP contribution in [0, 0.1) is 6.92 Å². The van der Waals surface area contributed by atoms with Crippen LogP contribution >= 0.6 is 0 Å². The van der Waals surface area contributed by atoms with E-state index in [1.165, 1.54) is 5.56 Å². The highest BCUT2D eigenvalue weighted by Gasteiger charge is 1.92. The molecule has 0 spiro atoms. The lowest BCUT2D eigenvalue weighted by Crippen LogP contribution is -1.91. The van der Waals surface area contributed by atoms with Gasteiger partial charge in [0.05, 0.1) is 6.61 Å². The lowest BCUT2D eigenvalue weighted by Gasteiger charge is -2.03. The highest BCUT2D eigenvalue weighted by Crippen LogP contribution is 2.12. The number of rotatable bonds is 3. The maximum Gasteiger partial charge on any atom is 0.119 e. The maximum atomic E-state index is 5.24. The molecule has 0 aliphatic heterocycles. The van der Waals surface area contributed by atoms with Gasteiger partial charge in [0.25, 0.3) is 0 Å². The third-order valence-corrected chi connectivity index (χ3v) is 1.58. The minimum atomic E-state index is 0.493.